The maximum atomic E-state index is 5.85. The zero-order valence-electron chi connectivity index (χ0n) is 7.77. The Balaban J connectivity index is 2.06. The van der Waals surface area contributed by atoms with E-state index in [0.29, 0.717) is 18.1 Å². The summed E-state index contributed by atoms with van der Waals surface area (Å²) >= 11 is 0. The van der Waals surface area contributed by atoms with Crippen LogP contribution in [0.2, 0.25) is 0 Å². The molecule has 6 nitrogen and oxygen atoms in total. The van der Waals surface area contributed by atoms with E-state index in [-0.39, 0.29) is 6.04 Å². The fraction of sp³-hybridized carbons (Fsp3) is 0.375. The first-order valence-electron chi connectivity index (χ1n) is 4.29. The SMILES string of the molecule is Cc1noc([C@@H](N)Cc2c[nH]cn2)n1. The van der Waals surface area contributed by atoms with Crippen LogP contribution < -0.4 is 5.73 Å². The van der Waals surface area contributed by atoms with Gasteiger partial charge in [0.05, 0.1) is 18.1 Å². The third kappa shape index (κ3) is 1.80. The Morgan fingerprint density at radius 3 is 3.07 bits per heavy atom. The van der Waals surface area contributed by atoms with Crippen molar-refractivity contribution in [2.45, 2.75) is 19.4 Å². The van der Waals surface area contributed by atoms with Crippen molar-refractivity contribution >= 4 is 0 Å². The third-order valence-electron chi connectivity index (χ3n) is 1.84. The molecule has 0 amide bonds. The highest BCUT2D eigenvalue weighted by molar-refractivity contribution is 5.01. The molecule has 3 N–H and O–H groups in total. The summed E-state index contributed by atoms with van der Waals surface area (Å²) in [5.41, 5.74) is 6.73. The minimum absolute atomic E-state index is 0.292. The van der Waals surface area contributed by atoms with Crippen molar-refractivity contribution in [2.75, 3.05) is 0 Å². The lowest BCUT2D eigenvalue weighted by atomic mass is 10.2. The lowest BCUT2D eigenvalue weighted by molar-refractivity contribution is 0.351. The first-order valence-corrected chi connectivity index (χ1v) is 4.29. The molecular weight excluding hydrogens is 182 g/mol. The summed E-state index contributed by atoms with van der Waals surface area (Å²) in [6.07, 6.45) is 4.00. The average molecular weight is 193 g/mol. The molecule has 1 atom stereocenters. The molecule has 0 saturated carbocycles. The van der Waals surface area contributed by atoms with Crippen LogP contribution in [0.1, 0.15) is 23.5 Å². The fourth-order valence-corrected chi connectivity index (χ4v) is 1.18. The molecule has 0 spiro atoms. The number of hydrogen-bond donors (Lipinski definition) is 2. The van der Waals surface area contributed by atoms with Gasteiger partial charge in [-0.25, -0.2) is 4.98 Å². The highest BCUT2D eigenvalue weighted by Crippen LogP contribution is 2.11. The molecule has 0 bridgehead atoms. The van der Waals surface area contributed by atoms with Crippen molar-refractivity contribution in [3.8, 4) is 0 Å². The van der Waals surface area contributed by atoms with E-state index in [4.69, 9.17) is 10.3 Å². The van der Waals surface area contributed by atoms with E-state index in [1.165, 1.54) is 0 Å². The lowest BCUT2D eigenvalue weighted by Gasteiger charge is -2.02. The van der Waals surface area contributed by atoms with Gasteiger partial charge in [-0.1, -0.05) is 5.16 Å². The largest absolute Gasteiger partial charge is 0.351 e. The number of aromatic nitrogens is 4. The highest BCUT2D eigenvalue weighted by atomic mass is 16.5. The first kappa shape index (κ1) is 8.89. The topological polar surface area (TPSA) is 93.6 Å². The summed E-state index contributed by atoms with van der Waals surface area (Å²) in [4.78, 5) is 11.0. The van der Waals surface area contributed by atoms with E-state index in [9.17, 15) is 0 Å². The van der Waals surface area contributed by atoms with Crippen LogP contribution in [-0.2, 0) is 6.42 Å². The smallest absolute Gasteiger partial charge is 0.243 e. The molecule has 0 saturated heterocycles. The number of H-pyrrole nitrogens is 1. The molecule has 0 aliphatic carbocycles. The first-order chi connectivity index (χ1) is 6.75. The van der Waals surface area contributed by atoms with Crippen molar-refractivity contribution < 1.29 is 4.52 Å². The Morgan fingerprint density at radius 1 is 1.64 bits per heavy atom. The zero-order valence-corrected chi connectivity index (χ0v) is 7.77. The Hall–Kier alpha value is -1.69. The molecule has 0 fully saturated rings. The molecule has 0 aliphatic heterocycles. The molecule has 0 aliphatic rings. The highest BCUT2D eigenvalue weighted by Gasteiger charge is 2.14. The van der Waals surface area contributed by atoms with Gasteiger partial charge in [-0.2, -0.15) is 4.98 Å². The van der Waals surface area contributed by atoms with Crippen LogP contribution in [0.4, 0.5) is 0 Å². The van der Waals surface area contributed by atoms with Crippen LogP contribution in [0.15, 0.2) is 17.0 Å². The number of rotatable bonds is 3. The van der Waals surface area contributed by atoms with Crippen molar-refractivity contribution in [1.29, 1.82) is 0 Å². The standard InChI is InChI=1S/C8H11N5O/c1-5-12-8(14-13-5)7(9)2-6-3-10-4-11-6/h3-4,7H,2,9H2,1H3,(H,10,11)/t7-/m0/s1. The molecule has 2 aromatic heterocycles. The normalized spacial score (nSPS) is 13.0. The van der Waals surface area contributed by atoms with Crippen LogP contribution in [0.3, 0.4) is 0 Å². The lowest BCUT2D eigenvalue weighted by Crippen LogP contribution is -2.13. The maximum absolute atomic E-state index is 5.85. The van der Waals surface area contributed by atoms with Crippen LogP contribution in [-0.4, -0.2) is 20.1 Å². The summed E-state index contributed by atoms with van der Waals surface area (Å²) < 4.78 is 4.95. The number of nitrogens with zero attached hydrogens (tertiary/aromatic N) is 3. The summed E-state index contributed by atoms with van der Waals surface area (Å²) in [5.74, 6) is 1.04. The molecule has 2 rings (SSSR count). The van der Waals surface area contributed by atoms with Gasteiger partial charge < -0.3 is 15.2 Å². The van der Waals surface area contributed by atoms with Gasteiger partial charge >= 0.3 is 0 Å². The number of aromatic amines is 1. The fourth-order valence-electron chi connectivity index (χ4n) is 1.18. The van der Waals surface area contributed by atoms with E-state index in [1.807, 2.05) is 0 Å². The Labute approximate surface area is 80.5 Å². The number of nitrogens with one attached hydrogen (secondary N) is 1. The average Bonchev–Trinajstić information content (AvgIpc) is 2.75. The van der Waals surface area contributed by atoms with Crippen LogP contribution >= 0.6 is 0 Å². The van der Waals surface area contributed by atoms with Gasteiger partial charge in [-0.3, -0.25) is 0 Å². The summed E-state index contributed by atoms with van der Waals surface area (Å²) in [6.45, 7) is 1.76. The Morgan fingerprint density at radius 2 is 2.50 bits per heavy atom. The second-order valence-electron chi connectivity index (χ2n) is 3.05. The maximum Gasteiger partial charge on any atom is 0.243 e. The van der Waals surface area contributed by atoms with Crippen LogP contribution in [0, 0.1) is 6.92 Å². The monoisotopic (exact) mass is 193 g/mol. The van der Waals surface area contributed by atoms with Crippen molar-refractivity contribution in [1.82, 2.24) is 20.1 Å². The molecule has 2 aromatic rings. The molecule has 14 heavy (non-hydrogen) atoms. The number of nitrogens with two attached hydrogens (primary N) is 1. The number of imidazole rings is 1. The van der Waals surface area contributed by atoms with Gasteiger partial charge in [0.1, 0.15) is 0 Å². The van der Waals surface area contributed by atoms with Crippen molar-refractivity contribution in [2.24, 2.45) is 5.73 Å². The molecule has 0 radical (unpaired) electrons. The predicted molar refractivity (Wildman–Crippen MR) is 48.3 cm³/mol. The van der Waals surface area contributed by atoms with Crippen molar-refractivity contribution in [3.63, 3.8) is 0 Å². The summed E-state index contributed by atoms with van der Waals surface area (Å²) in [5, 5.41) is 3.67. The van der Waals surface area contributed by atoms with Gasteiger partial charge in [0.25, 0.3) is 0 Å². The number of aryl methyl sites for hydroxylation is 1. The zero-order chi connectivity index (χ0) is 9.97. The van der Waals surface area contributed by atoms with E-state index in [2.05, 4.69) is 20.1 Å². The Kier molecular flexibility index (Phi) is 2.28. The molecule has 0 unspecified atom stereocenters. The number of hydrogen-bond acceptors (Lipinski definition) is 5. The predicted octanol–water partition coefficient (Wildman–Crippen LogP) is 0.344. The molecule has 74 valence electrons. The second kappa shape index (κ2) is 3.59. The van der Waals surface area contributed by atoms with Gasteiger partial charge in [0, 0.05) is 12.6 Å². The van der Waals surface area contributed by atoms with E-state index >= 15 is 0 Å². The summed E-state index contributed by atoms with van der Waals surface area (Å²) in [7, 11) is 0. The van der Waals surface area contributed by atoms with Gasteiger partial charge in [0.2, 0.25) is 5.89 Å². The Bertz CT molecular complexity index is 394. The van der Waals surface area contributed by atoms with Crippen LogP contribution in [0.25, 0.3) is 0 Å². The molecule has 0 aromatic carbocycles. The third-order valence-corrected chi connectivity index (χ3v) is 1.84. The van der Waals surface area contributed by atoms with Gasteiger partial charge in [-0.15, -0.1) is 0 Å². The van der Waals surface area contributed by atoms with E-state index < -0.39 is 0 Å². The second-order valence-corrected chi connectivity index (χ2v) is 3.05. The molecule has 6 heteroatoms. The molecular formula is C8H11N5O. The quantitative estimate of drug-likeness (QED) is 0.733. The van der Waals surface area contributed by atoms with Gasteiger partial charge in [-0.05, 0) is 6.92 Å². The van der Waals surface area contributed by atoms with E-state index in [1.54, 1.807) is 19.4 Å². The van der Waals surface area contributed by atoms with E-state index in [0.717, 1.165) is 5.69 Å². The molecule has 2 heterocycles. The van der Waals surface area contributed by atoms with Gasteiger partial charge in [0.15, 0.2) is 5.82 Å². The van der Waals surface area contributed by atoms with Crippen LogP contribution in [0.5, 0.6) is 0 Å². The minimum Gasteiger partial charge on any atom is -0.351 e. The summed E-state index contributed by atoms with van der Waals surface area (Å²) in [6, 6.07) is -0.292. The minimum atomic E-state index is -0.292. The van der Waals surface area contributed by atoms with Crippen molar-refractivity contribution in [3.05, 3.63) is 29.9 Å².